The van der Waals surface area contributed by atoms with E-state index in [1.807, 2.05) is 18.2 Å². The van der Waals surface area contributed by atoms with Crippen LogP contribution in [-0.4, -0.2) is 14.8 Å². The van der Waals surface area contributed by atoms with E-state index in [0.29, 0.717) is 17.9 Å². The van der Waals surface area contributed by atoms with Gasteiger partial charge in [0.1, 0.15) is 11.2 Å². The Morgan fingerprint density at radius 1 is 1.19 bits per heavy atom. The molecule has 7 heteroatoms. The number of nitrogens with zero attached hydrogens (tertiary/aromatic N) is 2. The molecule has 0 fully saturated rings. The second-order valence-corrected chi connectivity index (χ2v) is 7.15. The van der Waals surface area contributed by atoms with Crippen molar-refractivity contribution in [1.82, 2.24) is 0 Å². The highest BCUT2D eigenvalue weighted by atomic mass is 79.9. The van der Waals surface area contributed by atoms with E-state index in [1.165, 1.54) is 6.34 Å². The first kappa shape index (κ1) is 14.1. The third-order valence-electron chi connectivity index (χ3n) is 3.23. The van der Waals surface area contributed by atoms with Crippen molar-refractivity contribution >= 4 is 43.7 Å². The van der Waals surface area contributed by atoms with E-state index in [2.05, 4.69) is 20.3 Å². The molecule has 2 aromatic carbocycles. The zero-order valence-corrected chi connectivity index (χ0v) is 13.3. The number of hydrogen-bond acceptors (Lipinski definition) is 4. The van der Waals surface area contributed by atoms with Crippen molar-refractivity contribution in [3.63, 3.8) is 0 Å². The average molecular weight is 366 g/mol. The smallest absolute Gasteiger partial charge is 0.285 e. The van der Waals surface area contributed by atoms with Crippen LogP contribution in [0.15, 0.2) is 56.2 Å². The quantitative estimate of drug-likeness (QED) is 0.830. The summed E-state index contributed by atoms with van der Waals surface area (Å²) < 4.78 is 28.4. The Kier molecular flexibility index (Phi) is 3.46. The molecule has 5 nitrogen and oxygen atoms in total. The van der Waals surface area contributed by atoms with Crippen LogP contribution in [-0.2, 0) is 16.6 Å². The number of para-hydroxylation sites is 1. The number of anilines is 2. The van der Waals surface area contributed by atoms with Crippen LogP contribution in [0.4, 0.5) is 11.4 Å². The van der Waals surface area contributed by atoms with Gasteiger partial charge in [-0.1, -0.05) is 34.1 Å². The summed E-state index contributed by atoms with van der Waals surface area (Å²) in [6.45, 7) is 0.454. The third kappa shape index (κ3) is 2.66. The van der Waals surface area contributed by atoms with Gasteiger partial charge in [0.15, 0.2) is 0 Å². The van der Waals surface area contributed by atoms with Gasteiger partial charge in [0.25, 0.3) is 10.0 Å². The van der Waals surface area contributed by atoms with Crippen LogP contribution < -0.4 is 10.6 Å². The van der Waals surface area contributed by atoms with E-state index in [0.717, 1.165) is 10.0 Å². The minimum absolute atomic E-state index is 0.211. The number of halogens is 1. The molecule has 0 atom stereocenters. The van der Waals surface area contributed by atoms with E-state index in [1.54, 1.807) is 29.2 Å². The number of sulfonamides is 1. The second kappa shape index (κ2) is 5.16. The summed E-state index contributed by atoms with van der Waals surface area (Å²) in [6.07, 6.45) is 1.33. The number of hydrogen-bond donors (Lipinski definition) is 1. The van der Waals surface area contributed by atoms with Gasteiger partial charge in [-0.05, 0) is 29.8 Å². The molecule has 0 unspecified atom stereocenters. The first-order valence-corrected chi connectivity index (χ1v) is 8.41. The minimum Gasteiger partial charge on any atom is -0.398 e. The highest BCUT2D eigenvalue weighted by Gasteiger charge is 2.24. The summed E-state index contributed by atoms with van der Waals surface area (Å²) in [5.41, 5.74) is 8.14. The van der Waals surface area contributed by atoms with Crippen molar-refractivity contribution in [2.75, 3.05) is 10.6 Å². The van der Waals surface area contributed by atoms with Gasteiger partial charge >= 0.3 is 0 Å². The van der Waals surface area contributed by atoms with Crippen LogP contribution in [0.25, 0.3) is 0 Å². The number of rotatable bonds is 2. The summed E-state index contributed by atoms with van der Waals surface area (Å²) in [5.74, 6) is 0. The Morgan fingerprint density at radius 2 is 1.95 bits per heavy atom. The summed E-state index contributed by atoms with van der Waals surface area (Å²) in [6, 6.07) is 12.4. The van der Waals surface area contributed by atoms with Gasteiger partial charge in [0.2, 0.25) is 0 Å². The van der Waals surface area contributed by atoms with Gasteiger partial charge in [-0.3, -0.25) is 0 Å². The molecule has 2 N–H and O–H groups in total. The summed E-state index contributed by atoms with van der Waals surface area (Å²) >= 11 is 3.36. The lowest BCUT2D eigenvalue weighted by Crippen LogP contribution is -2.27. The molecular weight excluding hydrogens is 354 g/mol. The largest absolute Gasteiger partial charge is 0.398 e. The lowest BCUT2D eigenvalue weighted by Gasteiger charge is -2.25. The Hall–Kier alpha value is -1.86. The molecule has 21 heavy (non-hydrogen) atoms. The SMILES string of the molecule is Nc1cc(Br)ccc1CN1C=NS(=O)(=O)c2ccccc21. The van der Waals surface area contributed by atoms with Crippen molar-refractivity contribution in [2.24, 2.45) is 4.40 Å². The van der Waals surface area contributed by atoms with Gasteiger partial charge in [-0.2, -0.15) is 8.42 Å². The molecule has 0 aromatic heterocycles. The summed E-state index contributed by atoms with van der Waals surface area (Å²) in [4.78, 5) is 1.99. The molecule has 3 rings (SSSR count). The number of nitrogen functional groups attached to an aromatic ring is 1. The Balaban J connectivity index is 2.01. The average Bonchev–Trinajstić information content (AvgIpc) is 2.45. The van der Waals surface area contributed by atoms with E-state index in [-0.39, 0.29) is 4.90 Å². The Morgan fingerprint density at radius 3 is 2.71 bits per heavy atom. The van der Waals surface area contributed by atoms with Crippen LogP contribution >= 0.6 is 15.9 Å². The fraction of sp³-hybridized carbons (Fsp3) is 0.0714. The zero-order valence-electron chi connectivity index (χ0n) is 10.9. The Labute approximate surface area is 131 Å². The van der Waals surface area contributed by atoms with Gasteiger partial charge in [-0.15, -0.1) is 4.40 Å². The molecule has 108 valence electrons. The maximum atomic E-state index is 11.9. The molecule has 0 saturated carbocycles. The predicted octanol–water partition coefficient (Wildman–Crippen LogP) is 2.77. The van der Waals surface area contributed by atoms with Crippen LogP contribution in [0.2, 0.25) is 0 Å². The molecule has 0 amide bonds. The normalized spacial score (nSPS) is 15.8. The fourth-order valence-corrected chi connectivity index (χ4v) is 3.60. The van der Waals surface area contributed by atoms with E-state index in [9.17, 15) is 8.42 Å². The second-order valence-electron chi connectivity index (χ2n) is 4.63. The van der Waals surface area contributed by atoms with Crippen molar-refractivity contribution in [3.8, 4) is 0 Å². The van der Waals surface area contributed by atoms with Crippen LogP contribution in [0.3, 0.4) is 0 Å². The van der Waals surface area contributed by atoms with Crippen molar-refractivity contribution in [1.29, 1.82) is 0 Å². The number of fused-ring (bicyclic) bond motifs is 1. The molecule has 0 radical (unpaired) electrons. The first-order chi connectivity index (χ1) is 9.97. The molecule has 1 aliphatic heterocycles. The number of benzene rings is 2. The van der Waals surface area contributed by atoms with Crippen molar-refractivity contribution < 1.29 is 8.42 Å². The summed E-state index contributed by atoms with van der Waals surface area (Å²) in [5, 5.41) is 0. The van der Waals surface area contributed by atoms with Crippen molar-refractivity contribution in [2.45, 2.75) is 11.4 Å². The topological polar surface area (TPSA) is 75.8 Å². The standard InChI is InChI=1S/C14H12BrN3O2S/c15-11-6-5-10(12(16)7-11)8-18-9-17-21(19,20)14-4-2-1-3-13(14)18/h1-7,9H,8,16H2. The Bertz CT molecular complexity index is 834. The van der Waals surface area contributed by atoms with E-state index in [4.69, 9.17) is 5.73 Å². The van der Waals surface area contributed by atoms with Gasteiger partial charge in [0, 0.05) is 10.2 Å². The predicted molar refractivity (Wildman–Crippen MR) is 86.9 cm³/mol. The maximum absolute atomic E-state index is 11.9. The molecule has 0 spiro atoms. The molecule has 0 saturated heterocycles. The minimum atomic E-state index is -3.60. The van der Waals surface area contributed by atoms with Crippen LogP contribution in [0, 0.1) is 0 Å². The third-order valence-corrected chi connectivity index (χ3v) is 4.99. The zero-order chi connectivity index (χ0) is 15.0. The van der Waals surface area contributed by atoms with E-state index >= 15 is 0 Å². The summed E-state index contributed by atoms with van der Waals surface area (Å²) in [7, 11) is -3.60. The monoisotopic (exact) mass is 365 g/mol. The van der Waals surface area contributed by atoms with Gasteiger partial charge in [-0.25, -0.2) is 0 Å². The molecule has 1 aliphatic rings. The van der Waals surface area contributed by atoms with Crippen molar-refractivity contribution in [3.05, 3.63) is 52.5 Å². The van der Waals surface area contributed by atoms with Crippen LogP contribution in [0.5, 0.6) is 0 Å². The number of nitrogens with two attached hydrogens (primary N) is 1. The first-order valence-electron chi connectivity index (χ1n) is 6.17. The highest BCUT2D eigenvalue weighted by molar-refractivity contribution is 9.10. The highest BCUT2D eigenvalue weighted by Crippen LogP contribution is 2.31. The van der Waals surface area contributed by atoms with Crippen LogP contribution in [0.1, 0.15) is 5.56 Å². The fourth-order valence-electron chi connectivity index (χ4n) is 2.17. The molecule has 0 bridgehead atoms. The lowest BCUT2D eigenvalue weighted by molar-refractivity contribution is 0.597. The van der Waals surface area contributed by atoms with Gasteiger partial charge in [0.05, 0.1) is 12.2 Å². The molecule has 1 heterocycles. The molecule has 0 aliphatic carbocycles. The lowest BCUT2D eigenvalue weighted by atomic mass is 10.1. The van der Waals surface area contributed by atoms with E-state index < -0.39 is 10.0 Å². The maximum Gasteiger partial charge on any atom is 0.285 e. The van der Waals surface area contributed by atoms with Gasteiger partial charge < -0.3 is 10.6 Å². The molecule has 2 aromatic rings. The molecular formula is C14H12BrN3O2S.